The smallest absolute Gasteiger partial charge is 0.225 e. The minimum atomic E-state index is 0.261. The fraction of sp³-hybridized carbons (Fsp3) is 0.478. The fourth-order valence-electron chi connectivity index (χ4n) is 4.53. The Morgan fingerprint density at radius 1 is 1.04 bits per heavy atom. The van der Waals surface area contributed by atoms with Gasteiger partial charge in [-0.3, -0.25) is 9.78 Å². The van der Waals surface area contributed by atoms with Gasteiger partial charge in [0.25, 0.3) is 0 Å². The molecule has 4 rings (SSSR count). The van der Waals surface area contributed by atoms with E-state index < -0.39 is 0 Å². The monoisotopic (exact) mass is 364 g/mol. The third-order valence-corrected chi connectivity index (χ3v) is 6.01. The van der Waals surface area contributed by atoms with Crippen molar-refractivity contribution in [3.05, 3.63) is 48.2 Å². The molecule has 1 atom stereocenters. The molecule has 1 saturated carbocycles. The van der Waals surface area contributed by atoms with Crippen molar-refractivity contribution in [2.45, 2.75) is 44.4 Å². The van der Waals surface area contributed by atoms with Crippen LogP contribution in [0, 0.1) is 5.92 Å². The fourth-order valence-corrected chi connectivity index (χ4v) is 4.53. The van der Waals surface area contributed by atoms with E-state index in [4.69, 9.17) is 9.72 Å². The molecule has 0 N–H and O–H groups in total. The highest BCUT2D eigenvalue weighted by atomic mass is 16.5. The molecule has 4 nitrogen and oxygen atoms in total. The Labute approximate surface area is 161 Å². The van der Waals surface area contributed by atoms with E-state index in [0.29, 0.717) is 11.8 Å². The average molecular weight is 364 g/mol. The number of rotatable bonds is 4. The first-order chi connectivity index (χ1) is 13.3. The van der Waals surface area contributed by atoms with E-state index in [9.17, 15) is 4.79 Å². The number of carbonyl (C=O) groups is 1. The summed E-state index contributed by atoms with van der Waals surface area (Å²) >= 11 is 0. The predicted octanol–water partition coefficient (Wildman–Crippen LogP) is 4.65. The van der Waals surface area contributed by atoms with E-state index in [1.807, 2.05) is 30.3 Å². The lowest BCUT2D eigenvalue weighted by atomic mass is 9.92. The van der Waals surface area contributed by atoms with Crippen molar-refractivity contribution in [3.63, 3.8) is 0 Å². The summed E-state index contributed by atoms with van der Waals surface area (Å²) in [6, 6.07) is 14.2. The second-order valence-electron chi connectivity index (χ2n) is 7.75. The van der Waals surface area contributed by atoms with Crippen molar-refractivity contribution in [2.24, 2.45) is 5.92 Å². The Balaban J connectivity index is 1.54. The first kappa shape index (κ1) is 18.0. The Morgan fingerprint density at radius 2 is 1.85 bits per heavy atom. The molecule has 1 amide bonds. The molecule has 0 radical (unpaired) electrons. The summed E-state index contributed by atoms with van der Waals surface area (Å²) in [5.74, 6) is 1.79. The van der Waals surface area contributed by atoms with Crippen molar-refractivity contribution >= 4 is 5.91 Å². The van der Waals surface area contributed by atoms with Crippen LogP contribution in [0.15, 0.2) is 42.5 Å². The molecule has 0 spiro atoms. The molecule has 142 valence electrons. The maximum Gasteiger partial charge on any atom is 0.225 e. The standard InChI is InChI=1S/C23H28N2O2/c1-27-22-14-5-4-11-19(22)21-13-6-12-20(24-21)18-10-7-15-25(16-18)23(26)17-8-2-3-9-17/h4-6,11-14,17-18H,2-3,7-10,15-16H2,1H3/t18-/m0/s1. The second-order valence-corrected chi connectivity index (χ2v) is 7.75. The summed E-state index contributed by atoms with van der Waals surface area (Å²) < 4.78 is 5.50. The third kappa shape index (κ3) is 3.85. The van der Waals surface area contributed by atoms with Gasteiger partial charge in [0.15, 0.2) is 0 Å². The van der Waals surface area contributed by atoms with Crippen molar-refractivity contribution in [1.29, 1.82) is 0 Å². The van der Waals surface area contributed by atoms with Crippen molar-refractivity contribution in [2.75, 3.05) is 20.2 Å². The highest BCUT2D eigenvalue weighted by Gasteiger charge is 2.31. The van der Waals surface area contributed by atoms with Crippen LogP contribution in [0.4, 0.5) is 0 Å². The second kappa shape index (κ2) is 8.12. The molecule has 2 aliphatic rings. The Morgan fingerprint density at radius 3 is 2.67 bits per heavy atom. The van der Waals surface area contributed by atoms with Crippen LogP contribution < -0.4 is 4.74 Å². The lowest BCUT2D eigenvalue weighted by molar-refractivity contribution is -0.136. The summed E-state index contributed by atoms with van der Waals surface area (Å²) in [5.41, 5.74) is 3.03. The Bertz CT molecular complexity index is 798. The van der Waals surface area contributed by atoms with Crippen LogP contribution in [-0.4, -0.2) is 36.0 Å². The molecule has 2 heterocycles. The van der Waals surface area contributed by atoms with Gasteiger partial charge in [-0.1, -0.05) is 31.0 Å². The van der Waals surface area contributed by atoms with Gasteiger partial charge < -0.3 is 9.64 Å². The van der Waals surface area contributed by atoms with E-state index in [1.165, 1.54) is 12.8 Å². The molecule has 1 aliphatic heterocycles. The van der Waals surface area contributed by atoms with E-state index in [2.05, 4.69) is 17.0 Å². The van der Waals surface area contributed by atoms with Gasteiger partial charge in [-0.25, -0.2) is 0 Å². The van der Waals surface area contributed by atoms with Gasteiger partial charge in [-0.05, 0) is 49.9 Å². The minimum absolute atomic E-state index is 0.261. The first-order valence-electron chi connectivity index (χ1n) is 10.2. The van der Waals surface area contributed by atoms with Gasteiger partial charge in [0.1, 0.15) is 5.75 Å². The highest BCUT2D eigenvalue weighted by Crippen LogP contribution is 2.33. The third-order valence-electron chi connectivity index (χ3n) is 6.01. The number of para-hydroxylation sites is 1. The number of ether oxygens (including phenoxy) is 1. The SMILES string of the molecule is COc1ccccc1-c1cccc([C@H]2CCCN(C(=O)C3CCCC3)C2)n1. The summed E-state index contributed by atoms with van der Waals surface area (Å²) in [7, 11) is 1.69. The molecule has 1 aliphatic carbocycles. The predicted molar refractivity (Wildman–Crippen MR) is 107 cm³/mol. The maximum atomic E-state index is 12.8. The van der Waals surface area contributed by atoms with Crippen LogP contribution in [-0.2, 0) is 4.79 Å². The number of hydrogen-bond donors (Lipinski definition) is 0. The number of aromatic nitrogens is 1. The van der Waals surface area contributed by atoms with Crippen molar-refractivity contribution < 1.29 is 9.53 Å². The molecular weight excluding hydrogens is 336 g/mol. The zero-order valence-corrected chi connectivity index (χ0v) is 16.1. The van der Waals surface area contributed by atoms with Crippen LogP contribution in [0.2, 0.25) is 0 Å². The normalized spacial score (nSPS) is 20.6. The van der Waals surface area contributed by atoms with Crippen LogP contribution in [0.1, 0.15) is 50.1 Å². The van der Waals surface area contributed by atoms with Gasteiger partial charge >= 0.3 is 0 Å². The van der Waals surface area contributed by atoms with Gasteiger partial charge in [0, 0.05) is 36.2 Å². The summed E-state index contributed by atoms with van der Waals surface area (Å²) in [5, 5.41) is 0. The summed E-state index contributed by atoms with van der Waals surface area (Å²) in [4.78, 5) is 19.9. The topological polar surface area (TPSA) is 42.4 Å². The highest BCUT2D eigenvalue weighted by molar-refractivity contribution is 5.79. The Kier molecular flexibility index (Phi) is 5.42. The van der Waals surface area contributed by atoms with Gasteiger partial charge in [-0.15, -0.1) is 0 Å². The van der Waals surface area contributed by atoms with E-state index in [0.717, 1.165) is 61.5 Å². The van der Waals surface area contributed by atoms with Gasteiger partial charge in [0.2, 0.25) is 5.91 Å². The van der Waals surface area contributed by atoms with Crippen LogP contribution in [0.3, 0.4) is 0 Å². The van der Waals surface area contributed by atoms with Crippen molar-refractivity contribution in [3.8, 4) is 17.0 Å². The minimum Gasteiger partial charge on any atom is -0.496 e. The average Bonchev–Trinajstić information content (AvgIpc) is 3.28. The largest absolute Gasteiger partial charge is 0.496 e. The number of nitrogens with zero attached hydrogens (tertiary/aromatic N) is 2. The molecule has 1 aromatic heterocycles. The van der Waals surface area contributed by atoms with Crippen LogP contribution in [0.5, 0.6) is 5.75 Å². The molecule has 2 aromatic rings. The molecule has 1 aromatic carbocycles. The van der Waals surface area contributed by atoms with Gasteiger partial charge in [0.05, 0.1) is 12.8 Å². The Hall–Kier alpha value is -2.36. The molecular formula is C23H28N2O2. The number of pyridine rings is 1. The molecule has 2 fully saturated rings. The number of likely N-dealkylation sites (tertiary alicyclic amines) is 1. The number of benzene rings is 1. The van der Waals surface area contributed by atoms with Crippen LogP contribution >= 0.6 is 0 Å². The van der Waals surface area contributed by atoms with E-state index >= 15 is 0 Å². The zero-order chi connectivity index (χ0) is 18.6. The van der Waals surface area contributed by atoms with Crippen LogP contribution in [0.25, 0.3) is 11.3 Å². The molecule has 27 heavy (non-hydrogen) atoms. The summed E-state index contributed by atoms with van der Waals surface area (Å²) in [6.45, 7) is 1.70. The molecule has 1 saturated heterocycles. The van der Waals surface area contributed by atoms with Crippen molar-refractivity contribution in [1.82, 2.24) is 9.88 Å². The number of methoxy groups -OCH3 is 1. The molecule has 4 heteroatoms. The number of piperidine rings is 1. The van der Waals surface area contributed by atoms with E-state index in [-0.39, 0.29) is 5.92 Å². The number of amides is 1. The first-order valence-corrected chi connectivity index (χ1v) is 10.2. The van der Waals surface area contributed by atoms with Gasteiger partial charge in [-0.2, -0.15) is 0 Å². The number of carbonyl (C=O) groups excluding carboxylic acids is 1. The maximum absolute atomic E-state index is 12.8. The quantitative estimate of drug-likeness (QED) is 0.793. The molecule has 0 bridgehead atoms. The number of hydrogen-bond acceptors (Lipinski definition) is 3. The summed E-state index contributed by atoms with van der Waals surface area (Å²) in [6.07, 6.45) is 6.70. The zero-order valence-electron chi connectivity index (χ0n) is 16.1. The van der Waals surface area contributed by atoms with E-state index in [1.54, 1.807) is 7.11 Å². The lowest BCUT2D eigenvalue weighted by Crippen LogP contribution is -2.42. The lowest BCUT2D eigenvalue weighted by Gasteiger charge is -2.34. The molecule has 0 unspecified atom stereocenters.